The maximum atomic E-state index is 12.9. The van der Waals surface area contributed by atoms with Gasteiger partial charge in [-0.3, -0.25) is 0 Å². The van der Waals surface area contributed by atoms with Gasteiger partial charge in [-0.05, 0) is 25.6 Å². The molecule has 0 saturated carbocycles. The van der Waals surface area contributed by atoms with Gasteiger partial charge in [0.2, 0.25) is 0 Å². The Morgan fingerprint density at radius 3 is 2.83 bits per heavy atom. The van der Waals surface area contributed by atoms with E-state index in [9.17, 15) is 13.2 Å². The highest BCUT2D eigenvalue weighted by molar-refractivity contribution is 7.26. The van der Waals surface area contributed by atoms with Gasteiger partial charge in [0.25, 0.3) is 0 Å². The molecule has 0 radical (unpaired) electrons. The number of fused-ring (bicyclic) bond motifs is 3. The Bertz CT molecular complexity index is 905. The van der Waals surface area contributed by atoms with Crippen molar-refractivity contribution in [3.63, 3.8) is 0 Å². The number of benzene rings is 1. The summed E-state index contributed by atoms with van der Waals surface area (Å²) in [6.07, 6.45) is -1.83. The summed E-state index contributed by atoms with van der Waals surface area (Å²) in [6, 6.07) is 4.23. The summed E-state index contributed by atoms with van der Waals surface area (Å²) in [5, 5.41) is 4.00. The number of halogens is 3. The monoisotopic (exact) mass is 352 g/mol. The Labute approximate surface area is 140 Å². The maximum Gasteiger partial charge on any atom is 0.416 e. The third kappa shape index (κ3) is 2.50. The largest absolute Gasteiger partial charge is 0.416 e. The lowest BCUT2D eigenvalue weighted by Crippen LogP contribution is -2.29. The Hall–Kier alpha value is -1.93. The minimum atomic E-state index is -4.34. The van der Waals surface area contributed by atoms with E-state index in [1.54, 1.807) is 0 Å². The number of anilines is 1. The SMILES string of the molecule is CN[C@H]1CCN(c2ncnc3c2sc2cc(C(F)(F)F)ccc23)C1. The van der Waals surface area contributed by atoms with Crippen LogP contribution in [0.1, 0.15) is 12.0 Å². The Morgan fingerprint density at radius 2 is 2.12 bits per heavy atom. The first-order valence-electron chi connectivity index (χ1n) is 7.64. The Balaban J connectivity index is 1.85. The number of nitrogens with zero attached hydrogens (tertiary/aromatic N) is 3. The van der Waals surface area contributed by atoms with Gasteiger partial charge in [-0.2, -0.15) is 13.2 Å². The van der Waals surface area contributed by atoms with Gasteiger partial charge in [-0.15, -0.1) is 11.3 Å². The predicted molar refractivity (Wildman–Crippen MR) is 89.6 cm³/mol. The van der Waals surface area contributed by atoms with Crippen molar-refractivity contribution in [1.82, 2.24) is 15.3 Å². The van der Waals surface area contributed by atoms with E-state index in [4.69, 9.17) is 0 Å². The molecule has 0 bridgehead atoms. The van der Waals surface area contributed by atoms with Gasteiger partial charge >= 0.3 is 6.18 Å². The highest BCUT2D eigenvalue weighted by atomic mass is 32.1. The van der Waals surface area contributed by atoms with Crippen molar-refractivity contribution in [2.24, 2.45) is 0 Å². The molecule has 0 spiro atoms. The number of likely N-dealkylation sites (N-methyl/N-ethyl adjacent to an activating group) is 1. The quantitative estimate of drug-likeness (QED) is 0.764. The van der Waals surface area contributed by atoms with Crippen LogP contribution in [0.15, 0.2) is 24.5 Å². The molecule has 0 amide bonds. The van der Waals surface area contributed by atoms with Crippen LogP contribution in [0, 0.1) is 0 Å². The molecule has 1 aliphatic rings. The summed E-state index contributed by atoms with van der Waals surface area (Å²) in [6.45, 7) is 1.71. The first-order chi connectivity index (χ1) is 11.5. The highest BCUT2D eigenvalue weighted by Gasteiger charge is 2.31. The highest BCUT2D eigenvalue weighted by Crippen LogP contribution is 2.40. The zero-order valence-electron chi connectivity index (χ0n) is 12.9. The number of nitrogens with one attached hydrogen (secondary N) is 1. The molecule has 3 heterocycles. The molecule has 1 atom stereocenters. The molecule has 24 heavy (non-hydrogen) atoms. The number of aromatic nitrogens is 2. The second-order valence-corrected chi connectivity index (χ2v) is 6.96. The normalized spacial score (nSPS) is 18.8. The van der Waals surface area contributed by atoms with Crippen molar-refractivity contribution >= 4 is 37.5 Å². The molecule has 0 aliphatic carbocycles. The molecule has 2 aromatic heterocycles. The van der Waals surface area contributed by atoms with Crippen LogP contribution in [0.25, 0.3) is 20.3 Å². The van der Waals surface area contributed by atoms with Gasteiger partial charge in [-0.25, -0.2) is 9.97 Å². The molecule has 4 nitrogen and oxygen atoms in total. The summed E-state index contributed by atoms with van der Waals surface area (Å²) in [4.78, 5) is 10.9. The fourth-order valence-electron chi connectivity index (χ4n) is 3.15. The van der Waals surface area contributed by atoms with Crippen molar-refractivity contribution in [3.05, 3.63) is 30.1 Å². The van der Waals surface area contributed by atoms with Crippen LogP contribution in [0.5, 0.6) is 0 Å². The topological polar surface area (TPSA) is 41.0 Å². The van der Waals surface area contributed by atoms with E-state index in [2.05, 4.69) is 20.2 Å². The minimum Gasteiger partial charge on any atom is -0.354 e. The molecule has 1 N–H and O–H groups in total. The number of hydrogen-bond acceptors (Lipinski definition) is 5. The number of hydrogen-bond donors (Lipinski definition) is 1. The lowest BCUT2D eigenvalue weighted by atomic mass is 10.1. The molecule has 0 unspecified atom stereocenters. The molecule has 1 aliphatic heterocycles. The number of thiophene rings is 1. The fourth-order valence-corrected chi connectivity index (χ4v) is 4.37. The molecular formula is C16H15F3N4S. The third-order valence-corrected chi connectivity index (χ3v) is 5.59. The minimum absolute atomic E-state index is 0.404. The average molecular weight is 352 g/mol. The number of rotatable bonds is 2. The van der Waals surface area contributed by atoms with Gasteiger partial charge in [0, 0.05) is 29.2 Å². The van der Waals surface area contributed by atoms with E-state index in [-0.39, 0.29) is 0 Å². The molecule has 1 aromatic carbocycles. The first kappa shape index (κ1) is 15.6. The second kappa shape index (κ2) is 5.56. The van der Waals surface area contributed by atoms with Crippen LogP contribution in [-0.4, -0.2) is 36.1 Å². The van der Waals surface area contributed by atoms with Crippen LogP contribution in [0.2, 0.25) is 0 Å². The van der Waals surface area contributed by atoms with Crippen molar-refractivity contribution in [1.29, 1.82) is 0 Å². The summed E-state index contributed by atoms with van der Waals surface area (Å²) < 4.78 is 40.3. The number of alkyl halides is 3. The van der Waals surface area contributed by atoms with Crippen molar-refractivity contribution in [3.8, 4) is 0 Å². The standard InChI is InChI=1S/C16H15F3N4S/c1-20-10-4-5-23(7-10)15-14-13(21-8-22-15)11-3-2-9(16(17,18)19)6-12(11)24-14/h2-3,6,8,10,20H,4-5,7H2,1H3/t10-/m0/s1. The lowest BCUT2D eigenvalue weighted by molar-refractivity contribution is -0.137. The van der Waals surface area contributed by atoms with E-state index in [0.29, 0.717) is 10.7 Å². The zero-order valence-corrected chi connectivity index (χ0v) is 13.7. The lowest BCUT2D eigenvalue weighted by Gasteiger charge is -2.17. The maximum absolute atomic E-state index is 12.9. The van der Waals surface area contributed by atoms with Crippen molar-refractivity contribution in [2.75, 3.05) is 25.0 Å². The summed E-state index contributed by atoms with van der Waals surface area (Å²) in [7, 11) is 1.93. The summed E-state index contributed by atoms with van der Waals surface area (Å²) >= 11 is 1.33. The Kier molecular flexibility index (Phi) is 3.61. The zero-order chi connectivity index (χ0) is 16.9. The smallest absolute Gasteiger partial charge is 0.354 e. The Morgan fingerprint density at radius 1 is 1.29 bits per heavy atom. The summed E-state index contributed by atoms with van der Waals surface area (Å²) in [5.74, 6) is 0.813. The van der Waals surface area contributed by atoms with E-state index in [1.807, 2.05) is 7.05 Å². The van der Waals surface area contributed by atoms with E-state index in [0.717, 1.165) is 47.0 Å². The third-order valence-electron chi connectivity index (χ3n) is 4.46. The van der Waals surface area contributed by atoms with Gasteiger partial charge in [-0.1, -0.05) is 6.07 Å². The van der Waals surface area contributed by atoms with Gasteiger partial charge in [0.1, 0.15) is 12.1 Å². The molecular weight excluding hydrogens is 337 g/mol. The van der Waals surface area contributed by atoms with Gasteiger partial charge in [0.05, 0.1) is 15.8 Å². The second-order valence-electron chi connectivity index (χ2n) is 5.91. The molecule has 126 valence electrons. The first-order valence-corrected chi connectivity index (χ1v) is 8.45. The van der Waals surface area contributed by atoms with Crippen LogP contribution < -0.4 is 10.2 Å². The van der Waals surface area contributed by atoms with Crippen LogP contribution in [0.3, 0.4) is 0 Å². The molecule has 3 aromatic rings. The molecule has 4 rings (SSSR count). The molecule has 1 saturated heterocycles. The van der Waals surface area contributed by atoms with Crippen molar-refractivity contribution in [2.45, 2.75) is 18.6 Å². The van der Waals surface area contributed by atoms with E-state index in [1.165, 1.54) is 29.8 Å². The molecule has 1 fully saturated rings. The molecule has 8 heteroatoms. The van der Waals surface area contributed by atoms with E-state index < -0.39 is 11.7 Å². The van der Waals surface area contributed by atoms with Crippen molar-refractivity contribution < 1.29 is 13.2 Å². The average Bonchev–Trinajstić information content (AvgIpc) is 3.17. The van der Waals surface area contributed by atoms with Gasteiger partial charge < -0.3 is 10.2 Å². The van der Waals surface area contributed by atoms with E-state index >= 15 is 0 Å². The summed E-state index contributed by atoms with van der Waals surface area (Å²) in [5.41, 5.74) is 0.0918. The van der Waals surface area contributed by atoms with Crippen LogP contribution >= 0.6 is 11.3 Å². The fraction of sp³-hybridized carbons (Fsp3) is 0.375. The van der Waals surface area contributed by atoms with Gasteiger partial charge in [0.15, 0.2) is 0 Å². The van der Waals surface area contributed by atoms with Crippen LogP contribution in [0.4, 0.5) is 19.0 Å². The predicted octanol–water partition coefficient (Wildman–Crippen LogP) is 3.66. The van der Waals surface area contributed by atoms with Crippen LogP contribution in [-0.2, 0) is 6.18 Å².